The standard InChI is InChI=1S/C25H27FN4O2/c1-16-12-20(26)19(14-23(31)32)13-18(16)9-11-27-24(17-6-3-2-4-7-17)22-15-29-21-8-5-10-28-25(21)30-22/h2-8,10,12-13,22,24,27,29H,9,11,14-15H2,1H3,(H,28,30)(H,31,32)/t22-,24-/m1/s1. The minimum atomic E-state index is -1.04. The average molecular weight is 435 g/mol. The summed E-state index contributed by atoms with van der Waals surface area (Å²) in [6.45, 7) is 3.25. The minimum absolute atomic E-state index is 0.0260. The van der Waals surface area contributed by atoms with E-state index >= 15 is 0 Å². The fourth-order valence-corrected chi connectivity index (χ4v) is 4.16. The quantitative estimate of drug-likeness (QED) is 0.430. The van der Waals surface area contributed by atoms with Gasteiger partial charge in [0.25, 0.3) is 0 Å². The van der Waals surface area contributed by atoms with Crippen molar-refractivity contribution in [2.24, 2.45) is 0 Å². The number of aliphatic carboxylic acids is 1. The first-order chi connectivity index (χ1) is 15.5. The molecule has 0 fully saturated rings. The summed E-state index contributed by atoms with van der Waals surface area (Å²) in [4.78, 5) is 15.5. The Morgan fingerprint density at radius 3 is 2.81 bits per heavy atom. The van der Waals surface area contributed by atoms with E-state index in [2.05, 4.69) is 33.1 Å². The molecule has 166 valence electrons. The molecule has 0 bridgehead atoms. The van der Waals surface area contributed by atoms with E-state index < -0.39 is 11.8 Å². The van der Waals surface area contributed by atoms with Crippen molar-refractivity contribution < 1.29 is 14.3 Å². The van der Waals surface area contributed by atoms with Crippen molar-refractivity contribution >= 4 is 17.5 Å². The molecule has 0 amide bonds. The summed E-state index contributed by atoms with van der Waals surface area (Å²) in [5, 5.41) is 19.7. The third-order valence-electron chi connectivity index (χ3n) is 5.81. The van der Waals surface area contributed by atoms with E-state index in [1.165, 1.54) is 6.07 Å². The number of aryl methyl sites for hydroxylation is 1. The predicted molar refractivity (Wildman–Crippen MR) is 124 cm³/mol. The Hall–Kier alpha value is -3.45. The zero-order valence-electron chi connectivity index (χ0n) is 17.9. The van der Waals surface area contributed by atoms with E-state index in [0.717, 1.165) is 34.7 Å². The second kappa shape index (κ2) is 9.78. The van der Waals surface area contributed by atoms with Crippen molar-refractivity contribution in [2.45, 2.75) is 31.8 Å². The van der Waals surface area contributed by atoms with E-state index in [-0.39, 0.29) is 24.1 Å². The Bertz CT molecular complexity index is 1090. The van der Waals surface area contributed by atoms with Gasteiger partial charge < -0.3 is 21.1 Å². The first-order valence-corrected chi connectivity index (χ1v) is 10.7. The van der Waals surface area contributed by atoms with Crippen LogP contribution in [-0.2, 0) is 17.6 Å². The molecule has 0 saturated carbocycles. The highest BCUT2D eigenvalue weighted by atomic mass is 19.1. The molecular formula is C25H27FN4O2. The van der Waals surface area contributed by atoms with Gasteiger partial charge in [0.15, 0.2) is 0 Å². The third-order valence-corrected chi connectivity index (χ3v) is 5.81. The van der Waals surface area contributed by atoms with Gasteiger partial charge in [-0.15, -0.1) is 0 Å². The first-order valence-electron chi connectivity index (χ1n) is 10.7. The molecular weight excluding hydrogens is 407 g/mol. The van der Waals surface area contributed by atoms with Gasteiger partial charge in [-0.2, -0.15) is 0 Å². The number of benzene rings is 2. The van der Waals surface area contributed by atoms with Crippen molar-refractivity contribution in [3.63, 3.8) is 0 Å². The highest BCUT2D eigenvalue weighted by Crippen LogP contribution is 2.28. The normalized spacial score (nSPS) is 15.9. The minimum Gasteiger partial charge on any atom is -0.481 e. The number of carboxylic acid groups (broad SMARTS) is 1. The number of pyridine rings is 1. The van der Waals surface area contributed by atoms with Crippen LogP contribution in [0.3, 0.4) is 0 Å². The van der Waals surface area contributed by atoms with E-state index in [1.807, 2.05) is 37.3 Å². The summed E-state index contributed by atoms with van der Waals surface area (Å²) >= 11 is 0. The monoisotopic (exact) mass is 434 g/mol. The molecule has 1 aromatic heterocycles. The summed E-state index contributed by atoms with van der Waals surface area (Å²) in [6.07, 6.45) is 2.12. The molecule has 7 heteroatoms. The molecule has 32 heavy (non-hydrogen) atoms. The van der Waals surface area contributed by atoms with Gasteiger partial charge in [-0.05, 0) is 60.3 Å². The van der Waals surface area contributed by atoms with Crippen LogP contribution >= 0.6 is 0 Å². The molecule has 1 aliphatic rings. The number of carboxylic acids is 1. The molecule has 0 spiro atoms. The number of fused-ring (bicyclic) bond motifs is 1. The van der Waals surface area contributed by atoms with Crippen LogP contribution in [-0.4, -0.2) is 35.2 Å². The van der Waals surface area contributed by atoms with Gasteiger partial charge >= 0.3 is 5.97 Å². The highest BCUT2D eigenvalue weighted by molar-refractivity contribution is 5.70. The molecule has 0 unspecified atom stereocenters. The summed E-state index contributed by atoms with van der Waals surface area (Å²) in [5.41, 5.74) is 4.14. The smallest absolute Gasteiger partial charge is 0.307 e. The molecule has 0 aliphatic carbocycles. The van der Waals surface area contributed by atoms with Crippen LogP contribution in [0.15, 0.2) is 60.8 Å². The van der Waals surface area contributed by atoms with Crippen LogP contribution in [0.25, 0.3) is 0 Å². The number of anilines is 2. The number of rotatable bonds is 8. The third kappa shape index (κ3) is 5.06. The summed E-state index contributed by atoms with van der Waals surface area (Å²) in [7, 11) is 0. The molecule has 0 radical (unpaired) electrons. The van der Waals surface area contributed by atoms with Gasteiger partial charge in [-0.25, -0.2) is 9.37 Å². The van der Waals surface area contributed by atoms with Crippen LogP contribution < -0.4 is 16.0 Å². The number of hydrogen-bond acceptors (Lipinski definition) is 5. The Morgan fingerprint density at radius 2 is 2.03 bits per heavy atom. The maximum absolute atomic E-state index is 14.1. The number of halogens is 1. The Morgan fingerprint density at radius 1 is 1.22 bits per heavy atom. The summed E-state index contributed by atoms with van der Waals surface area (Å²) in [5.74, 6) is -0.669. The number of nitrogens with zero attached hydrogens (tertiary/aromatic N) is 1. The lowest BCUT2D eigenvalue weighted by molar-refractivity contribution is -0.136. The van der Waals surface area contributed by atoms with Crippen LogP contribution in [0.4, 0.5) is 15.9 Å². The van der Waals surface area contributed by atoms with Gasteiger partial charge in [-0.3, -0.25) is 4.79 Å². The lowest BCUT2D eigenvalue weighted by Gasteiger charge is -2.34. The maximum Gasteiger partial charge on any atom is 0.307 e. The molecule has 2 atom stereocenters. The Balaban J connectivity index is 1.49. The van der Waals surface area contributed by atoms with Crippen molar-refractivity contribution in [2.75, 3.05) is 23.7 Å². The Kier molecular flexibility index (Phi) is 6.66. The summed E-state index contributed by atoms with van der Waals surface area (Å²) in [6, 6.07) is 17.4. The second-order valence-corrected chi connectivity index (χ2v) is 8.06. The van der Waals surface area contributed by atoms with Crippen LogP contribution in [0.5, 0.6) is 0 Å². The zero-order valence-corrected chi connectivity index (χ0v) is 17.9. The van der Waals surface area contributed by atoms with Crippen molar-refractivity contribution in [1.82, 2.24) is 10.3 Å². The summed E-state index contributed by atoms with van der Waals surface area (Å²) < 4.78 is 14.1. The van der Waals surface area contributed by atoms with Crippen molar-refractivity contribution in [3.8, 4) is 0 Å². The van der Waals surface area contributed by atoms with E-state index in [4.69, 9.17) is 5.11 Å². The number of aromatic nitrogens is 1. The van der Waals surface area contributed by atoms with Gasteiger partial charge in [0, 0.05) is 12.7 Å². The van der Waals surface area contributed by atoms with Gasteiger partial charge in [-0.1, -0.05) is 36.4 Å². The fraction of sp³-hybridized carbons (Fsp3) is 0.280. The molecule has 1 aliphatic heterocycles. The topological polar surface area (TPSA) is 86.3 Å². The molecule has 2 heterocycles. The number of hydrogen-bond donors (Lipinski definition) is 4. The number of carbonyl (C=O) groups is 1. The largest absolute Gasteiger partial charge is 0.481 e. The maximum atomic E-state index is 14.1. The first kappa shape index (κ1) is 21.8. The molecule has 3 aromatic rings. The molecule has 4 rings (SSSR count). The predicted octanol–water partition coefficient (Wildman–Crippen LogP) is 3.94. The van der Waals surface area contributed by atoms with Crippen LogP contribution in [0.1, 0.15) is 28.3 Å². The SMILES string of the molecule is Cc1cc(F)c(CC(=O)O)cc1CCN[C@H](c1ccccc1)[C@H]1CNc2cccnc2N1. The van der Waals surface area contributed by atoms with E-state index in [0.29, 0.717) is 13.0 Å². The molecule has 2 aromatic carbocycles. The average Bonchev–Trinajstić information content (AvgIpc) is 2.79. The van der Waals surface area contributed by atoms with Crippen LogP contribution in [0, 0.1) is 12.7 Å². The number of nitrogens with one attached hydrogen (secondary N) is 3. The lowest BCUT2D eigenvalue weighted by atomic mass is 9.96. The molecule has 4 N–H and O–H groups in total. The van der Waals surface area contributed by atoms with Gasteiger partial charge in [0.05, 0.1) is 24.2 Å². The van der Waals surface area contributed by atoms with Crippen molar-refractivity contribution in [3.05, 3.63) is 88.9 Å². The highest BCUT2D eigenvalue weighted by Gasteiger charge is 2.27. The van der Waals surface area contributed by atoms with E-state index in [9.17, 15) is 9.18 Å². The fourth-order valence-electron chi connectivity index (χ4n) is 4.16. The van der Waals surface area contributed by atoms with Crippen molar-refractivity contribution in [1.29, 1.82) is 0 Å². The lowest BCUT2D eigenvalue weighted by Crippen LogP contribution is -2.44. The van der Waals surface area contributed by atoms with Gasteiger partial charge in [0.1, 0.15) is 11.6 Å². The van der Waals surface area contributed by atoms with E-state index in [1.54, 1.807) is 12.3 Å². The van der Waals surface area contributed by atoms with Crippen LogP contribution in [0.2, 0.25) is 0 Å². The second-order valence-electron chi connectivity index (χ2n) is 8.06. The molecule has 6 nitrogen and oxygen atoms in total. The Labute approximate surface area is 186 Å². The zero-order chi connectivity index (χ0) is 22.5. The molecule has 0 saturated heterocycles. The van der Waals surface area contributed by atoms with Gasteiger partial charge in [0.2, 0.25) is 0 Å².